The van der Waals surface area contributed by atoms with E-state index in [0.29, 0.717) is 18.3 Å². The Balaban J connectivity index is 0.00000320. The van der Waals surface area contributed by atoms with E-state index in [2.05, 4.69) is 36.9 Å². The summed E-state index contributed by atoms with van der Waals surface area (Å²) in [6.07, 6.45) is 0.828. The molecule has 2 aromatic carbocycles. The van der Waals surface area contributed by atoms with Crippen LogP contribution in [0.25, 0.3) is 11.4 Å². The Labute approximate surface area is 193 Å². The minimum absolute atomic E-state index is 0. The van der Waals surface area contributed by atoms with Crippen LogP contribution in [0.4, 0.5) is 0 Å². The quantitative estimate of drug-likeness (QED) is 0.239. The van der Waals surface area contributed by atoms with Crippen LogP contribution < -0.4 is 20.1 Å². The van der Waals surface area contributed by atoms with Crippen molar-refractivity contribution in [3.8, 4) is 22.9 Å². The highest BCUT2D eigenvalue weighted by Gasteiger charge is 2.07. The number of rotatable bonds is 8. The van der Waals surface area contributed by atoms with Gasteiger partial charge in [-0.05, 0) is 42.3 Å². The molecule has 8 nitrogen and oxygen atoms in total. The Bertz CT molecular complexity index is 943. The van der Waals surface area contributed by atoms with Crippen molar-refractivity contribution in [3.63, 3.8) is 0 Å². The maximum Gasteiger partial charge on any atom is 0.191 e. The van der Waals surface area contributed by atoms with Crippen molar-refractivity contribution in [2.45, 2.75) is 13.0 Å². The molecule has 1 heterocycles. The van der Waals surface area contributed by atoms with Gasteiger partial charge in [-0.25, -0.2) is 4.98 Å². The molecule has 0 radical (unpaired) electrons. The molecule has 3 aromatic rings. The van der Waals surface area contributed by atoms with Crippen molar-refractivity contribution >= 4 is 29.9 Å². The van der Waals surface area contributed by atoms with E-state index in [9.17, 15) is 0 Å². The van der Waals surface area contributed by atoms with Crippen molar-refractivity contribution in [2.75, 3.05) is 27.8 Å². The van der Waals surface area contributed by atoms with E-state index in [4.69, 9.17) is 9.47 Å². The van der Waals surface area contributed by atoms with Crippen LogP contribution in [0.3, 0.4) is 0 Å². The highest BCUT2D eigenvalue weighted by molar-refractivity contribution is 14.0. The molecule has 0 unspecified atom stereocenters. The van der Waals surface area contributed by atoms with E-state index in [1.807, 2.05) is 42.5 Å². The number of benzene rings is 2. The summed E-state index contributed by atoms with van der Waals surface area (Å²) in [5, 5.41) is 13.8. The van der Waals surface area contributed by atoms with Gasteiger partial charge in [0.1, 0.15) is 17.3 Å². The molecule has 0 aliphatic rings. The zero-order chi connectivity index (χ0) is 20.5. The lowest BCUT2D eigenvalue weighted by molar-refractivity contribution is 0.409. The number of aromatic nitrogens is 3. The Hall–Kier alpha value is -2.82. The lowest BCUT2D eigenvalue weighted by Crippen LogP contribution is -2.38. The lowest BCUT2D eigenvalue weighted by Gasteiger charge is -2.12. The number of aromatic amines is 1. The Kier molecular flexibility index (Phi) is 9.39. The number of nitrogens with one attached hydrogen (secondary N) is 3. The highest BCUT2D eigenvalue weighted by atomic mass is 127. The SMILES string of the molecule is CN=C(NCCc1ccccc1OC)NCc1nc(-c2ccc(OC)cc2)n[nH]1.I. The number of guanidine groups is 1. The fraction of sp³-hybridized carbons (Fsp3) is 0.286. The van der Waals surface area contributed by atoms with Gasteiger partial charge in [0.15, 0.2) is 11.8 Å². The molecule has 3 rings (SSSR count). The van der Waals surface area contributed by atoms with Gasteiger partial charge in [-0.1, -0.05) is 18.2 Å². The summed E-state index contributed by atoms with van der Waals surface area (Å²) in [7, 11) is 5.06. The summed E-state index contributed by atoms with van der Waals surface area (Å²) >= 11 is 0. The first-order valence-electron chi connectivity index (χ1n) is 9.35. The molecule has 0 atom stereocenters. The number of nitrogens with zero attached hydrogens (tertiary/aromatic N) is 3. The maximum absolute atomic E-state index is 5.39. The van der Waals surface area contributed by atoms with Crippen LogP contribution >= 0.6 is 24.0 Å². The minimum Gasteiger partial charge on any atom is -0.497 e. The topological polar surface area (TPSA) is 96.5 Å². The molecule has 160 valence electrons. The minimum atomic E-state index is 0. The summed E-state index contributed by atoms with van der Waals surface area (Å²) in [5.74, 6) is 3.76. The van der Waals surface area contributed by atoms with Crippen LogP contribution in [-0.2, 0) is 13.0 Å². The van der Waals surface area contributed by atoms with E-state index in [1.54, 1.807) is 21.3 Å². The molecule has 0 bridgehead atoms. The van der Waals surface area contributed by atoms with Crippen LogP contribution in [0.15, 0.2) is 53.5 Å². The standard InChI is InChI=1S/C21H26N6O2.HI/c1-22-21(23-13-12-15-6-4-5-7-18(15)29-3)24-14-19-25-20(27-26-19)16-8-10-17(28-2)11-9-16;/h4-11H,12-14H2,1-3H3,(H2,22,23,24)(H,25,26,27);1H. The maximum atomic E-state index is 5.39. The number of H-pyrrole nitrogens is 1. The zero-order valence-corrected chi connectivity index (χ0v) is 19.6. The van der Waals surface area contributed by atoms with Gasteiger partial charge in [0.2, 0.25) is 0 Å². The fourth-order valence-corrected chi connectivity index (χ4v) is 2.86. The smallest absolute Gasteiger partial charge is 0.191 e. The fourth-order valence-electron chi connectivity index (χ4n) is 2.86. The van der Waals surface area contributed by atoms with Crippen LogP contribution in [0.2, 0.25) is 0 Å². The Morgan fingerprint density at radius 3 is 2.50 bits per heavy atom. The van der Waals surface area contributed by atoms with Crippen molar-refractivity contribution in [1.29, 1.82) is 0 Å². The van der Waals surface area contributed by atoms with Gasteiger partial charge < -0.3 is 20.1 Å². The van der Waals surface area contributed by atoms with Crippen molar-refractivity contribution in [1.82, 2.24) is 25.8 Å². The van der Waals surface area contributed by atoms with E-state index in [1.165, 1.54) is 0 Å². The second-order valence-corrected chi connectivity index (χ2v) is 6.25. The van der Waals surface area contributed by atoms with E-state index >= 15 is 0 Å². The predicted molar refractivity (Wildman–Crippen MR) is 129 cm³/mol. The Morgan fingerprint density at radius 2 is 1.80 bits per heavy atom. The monoisotopic (exact) mass is 522 g/mol. The number of hydrogen-bond acceptors (Lipinski definition) is 5. The molecule has 0 saturated carbocycles. The lowest BCUT2D eigenvalue weighted by atomic mass is 10.1. The molecule has 0 spiro atoms. The van der Waals surface area contributed by atoms with Gasteiger partial charge >= 0.3 is 0 Å². The molecular weight excluding hydrogens is 495 g/mol. The summed E-state index contributed by atoms with van der Waals surface area (Å²) in [5.41, 5.74) is 2.07. The molecule has 0 fully saturated rings. The van der Waals surface area contributed by atoms with Gasteiger partial charge in [-0.2, -0.15) is 5.10 Å². The number of halogens is 1. The van der Waals surface area contributed by atoms with Crippen molar-refractivity contribution in [2.24, 2.45) is 4.99 Å². The molecule has 0 amide bonds. The molecule has 9 heteroatoms. The van der Waals surface area contributed by atoms with E-state index in [0.717, 1.165) is 41.4 Å². The van der Waals surface area contributed by atoms with Crippen LogP contribution in [0, 0.1) is 0 Å². The van der Waals surface area contributed by atoms with Crippen LogP contribution in [-0.4, -0.2) is 49.0 Å². The van der Waals surface area contributed by atoms with Gasteiger partial charge in [0.05, 0.1) is 20.8 Å². The third-order valence-corrected chi connectivity index (χ3v) is 4.41. The average Bonchev–Trinajstić information content (AvgIpc) is 3.25. The molecule has 1 aromatic heterocycles. The normalized spacial score (nSPS) is 10.8. The molecular formula is C21H27IN6O2. The van der Waals surface area contributed by atoms with Gasteiger partial charge in [-0.3, -0.25) is 10.1 Å². The number of para-hydroxylation sites is 1. The van der Waals surface area contributed by atoms with Crippen molar-refractivity contribution in [3.05, 3.63) is 59.9 Å². The number of aliphatic imine (C=N–C) groups is 1. The first-order valence-corrected chi connectivity index (χ1v) is 9.35. The average molecular weight is 522 g/mol. The highest BCUT2D eigenvalue weighted by Crippen LogP contribution is 2.19. The summed E-state index contributed by atoms with van der Waals surface area (Å²) < 4.78 is 10.6. The zero-order valence-electron chi connectivity index (χ0n) is 17.3. The van der Waals surface area contributed by atoms with Gasteiger partial charge in [0, 0.05) is 19.2 Å². The Morgan fingerprint density at radius 1 is 1.03 bits per heavy atom. The molecule has 0 aliphatic heterocycles. The number of ether oxygens (including phenoxy) is 2. The van der Waals surface area contributed by atoms with Gasteiger partial charge in [-0.15, -0.1) is 24.0 Å². The third-order valence-electron chi connectivity index (χ3n) is 4.41. The second-order valence-electron chi connectivity index (χ2n) is 6.25. The van der Waals surface area contributed by atoms with E-state index in [-0.39, 0.29) is 24.0 Å². The summed E-state index contributed by atoms with van der Waals surface area (Å²) in [6.45, 7) is 1.21. The summed E-state index contributed by atoms with van der Waals surface area (Å²) in [6, 6.07) is 15.6. The van der Waals surface area contributed by atoms with Crippen molar-refractivity contribution < 1.29 is 9.47 Å². The van der Waals surface area contributed by atoms with Crippen LogP contribution in [0.1, 0.15) is 11.4 Å². The summed E-state index contributed by atoms with van der Waals surface area (Å²) in [4.78, 5) is 8.77. The van der Waals surface area contributed by atoms with Crippen LogP contribution in [0.5, 0.6) is 11.5 Å². The van der Waals surface area contributed by atoms with E-state index < -0.39 is 0 Å². The first kappa shape index (κ1) is 23.5. The molecule has 3 N–H and O–H groups in total. The molecule has 30 heavy (non-hydrogen) atoms. The molecule has 0 saturated heterocycles. The predicted octanol–water partition coefficient (Wildman–Crippen LogP) is 3.01. The largest absolute Gasteiger partial charge is 0.497 e. The number of hydrogen-bond donors (Lipinski definition) is 3. The second kappa shape index (κ2) is 12.0. The van der Waals surface area contributed by atoms with Gasteiger partial charge in [0.25, 0.3) is 0 Å². The third kappa shape index (κ3) is 6.34. The first-order chi connectivity index (χ1) is 14.2. The number of methoxy groups -OCH3 is 2. The molecule has 0 aliphatic carbocycles.